The van der Waals surface area contributed by atoms with E-state index >= 15 is 0 Å². The molecular formula is C29H48N4. The van der Waals surface area contributed by atoms with Gasteiger partial charge in [-0.1, -0.05) is 62.1 Å². The lowest BCUT2D eigenvalue weighted by molar-refractivity contribution is 0.577. The summed E-state index contributed by atoms with van der Waals surface area (Å²) in [6, 6.07) is 15.9. The van der Waals surface area contributed by atoms with Crippen LogP contribution in [0.15, 0.2) is 42.5 Å². The number of hydrogen-bond acceptors (Lipinski definition) is 4. The molecule has 0 aromatic heterocycles. The van der Waals surface area contributed by atoms with E-state index in [-0.39, 0.29) is 0 Å². The van der Waals surface area contributed by atoms with Gasteiger partial charge in [0.25, 0.3) is 0 Å². The Bertz CT molecular complexity index is 721. The SMILES string of the molecule is Cc1ccccc1-c1cc(CCCCCNCCCN)cc(CNCCCCCCCN)c1. The van der Waals surface area contributed by atoms with Gasteiger partial charge in [-0.15, -0.1) is 0 Å². The number of nitrogens with one attached hydrogen (secondary N) is 2. The van der Waals surface area contributed by atoms with E-state index < -0.39 is 0 Å². The van der Waals surface area contributed by atoms with Gasteiger partial charge in [0.15, 0.2) is 0 Å². The molecule has 0 saturated carbocycles. The molecule has 184 valence electrons. The molecule has 0 fully saturated rings. The number of benzene rings is 2. The predicted octanol–water partition coefficient (Wildman–Crippen LogP) is 5.31. The quantitative estimate of drug-likeness (QED) is 0.218. The normalized spacial score (nSPS) is 11.2. The third kappa shape index (κ3) is 11.8. The lowest BCUT2D eigenvalue weighted by atomic mass is 9.94. The number of unbranched alkanes of at least 4 members (excludes halogenated alkanes) is 6. The maximum absolute atomic E-state index is 5.58. The molecule has 4 nitrogen and oxygen atoms in total. The summed E-state index contributed by atoms with van der Waals surface area (Å²) >= 11 is 0. The highest BCUT2D eigenvalue weighted by Crippen LogP contribution is 2.26. The van der Waals surface area contributed by atoms with Crippen molar-refractivity contribution in [2.75, 3.05) is 32.7 Å². The molecule has 2 aromatic rings. The van der Waals surface area contributed by atoms with Gasteiger partial charge in [-0.3, -0.25) is 0 Å². The monoisotopic (exact) mass is 452 g/mol. The van der Waals surface area contributed by atoms with Gasteiger partial charge < -0.3 is 22.1 Å². The number of hydrogen-bond donors (Lipinski definition) is 4. The van der Waals surface area contributed by atoms with Gasteiger partial charge in [0.05, 0.1) is 0 Å². The first-order chi connectivity index (χ1) is 16.2. The van der Waals surface area contributed by atoms with Gasteiger partial charge in [0, 0.05) is 6.54 Å². The molecule has 33 heavy (non-hydrogen) atoms. The van der Waals surface area contributed by atoms with Crippen LogP contribution in [-0.4, -0.2) is 32.7 Å². The average Bonchev–Trinajstić information content (AvgIpc) is 2.82. The van der Waals surface area contributed by atoms with Crippen LogP contribution in [0.5, 0.6) is 0 Å². The van der Waals surface area contributed by atoms with Crippen molar-refractivity contribution in [3.8, 4) is 11.1 Å². The summed E-state index contributed by atoms with van der Waals surface area (Å²) in [6.07, 6.45) is 12.2. The zero-order valence-corrected chi connectivity index (χ0v) is 21.0. The topological polar surface area (TPSA) is 76.1 Å². The van der Waals surface area contributed by atoms with Crippen LogP contribution in [0.25, 0.3) is 11.1 Å². The molecule has 6 N–H and O–H groups in total. The summed E-state index contributed by atoms with van der Waals surface area (Å²) in [6.45, 7) is 7.98. The van der Waals surface area contributed by atoms with Crippen molar-refractivity contribution in [1.82, 2.24) is 10.6 Å². The molecule has 2 rings (SSSR count). The Morgan fingerprint density at radius 2 is 1.27 bits per heavy atom. The second-order valence-corrected chi connectivity index (χ2v) is 9.29. The molecule has 0 aliphatic heterocycles. The van der Waals surface area contributed by atoms with E-state index in [1.165, 1.54) is 72.8 Å². The summed E-state index contributed by atoms with van der Waals surface area (Å²) in [5.74, 6) is 0. The number of nitrogens with two attached hydrogens (primary N) is 2. The summed E-state index contributed by atoms with van der Waals surface area (Å²) < 4.78 is 0. The van der Waals surface area contributed by atoms with E-state index in [0.29, 0.717) is 0 Å². The zero-order valence-electron chi connectivity index (χ0n) is 21.0. The van der Waals surface area contributed by atoms with Crippen molar-refractivity contribution < 1.29 is 0 Å². The Labute approximate surface area is 202 Å². The Morgan fingerprint density at radius 3 is 2.06 bits per heavy atom. The van der Waals surface area contributed by atoms with Gasteiger partial charge in [-0.2, -0.15) is 0 Å². The van der Waals surface area contributed by atoms with Gasteiger partial charge in [0.2, 0.25) is 0 Å². The van der Waals surface area contributed by atoms with E-state index in [1.54, 1.807) is 0 Å². The van der Waals surface area contributed by atoms with E-state index in [4.69, 9.17) is 11.5 Å². The largest absolute Gasteiger partial charge is 0.330 e. The summed E-state index contributed by atoms with van der Waals surface area (Å²) in [4.78, 5) is 0. The van der Waals surface area contributed by atoms with Gasteiger partial charge in [-0.05, 0) is 112 Å². The zero-order chi connectivity index (χ0) is 23.6. The Morgan fingerprint density at radius 1 is 0.636 bits per heavy atom. The van der Waals surface area contributed by atoms with Crippen molar-refractivity contribution in [1.29, 1.82) is 0 Å². The fourth-order valence-electron chi connectivity index (χ4n) is 4.33. The first-order valence-electron chi connectivity index (χ1n) is 13.2. The molecule has 0 atom stereocenters. The van der Waals surface area contributed by atoms with Crippen molar-refractivity contribution in [2.24, 2.45) is 11.5 Å². The van der Waals surface area contributed by atoms with Crippen LogP contribution in [0.2, 0.25) is 0 Å². The maximum atomic E-state index is 5.58. The van der Waals surface area contributed by atoms with E-state index in [0.717, 1.165) is 58.5 Å². The lowest BCUT2D eigenvalue weighted by Crippen LogP contribution is -2.19. The van der Waals surface area contributed by atoms with Gasteiger partial charge in [-0.25, -0.2) is 0 Å². The minimum Gasteiger partial charge on any atom is -0.330 e. The lowest BCUT2D eigenvalue weighted by Gasteiger charge is -2.13. The highest BCUT2D eigenvalue weighted by atomic mass is 14.8. The Balaban J connectivity index is 1.87. The van der Waals surface area contributed by atoms with Crippen molar-refractivity contribution in [3.63, 3.8) is 0 Å². The summed E-state index contributed by atoms with van der Waals surface area (Å²) in [5.41, 5.74) is 18.0. The standard InChI is InChI=1S/C29H48N4/c1-25-13-7-8-15-29(25)28-22-26(14-6-5-11-18-32-20-12-17-31)21-27(23-28)24-33-19-10-4-2-3-9-16-30/h7-8,13,15,21-23,32-33H,2-6,9-12,14,16-20,24,30-31H2,1H3. The Hall–Kier alpha value is -1.72. The van der Waals surface area contributed by atoms with E-state index in [2.05, 4.69) is 60.0 Å². The van der Waals surface area contributed by atoms with Crippen LogP contribution in [0.4, 0.5) is 0 Å². The van der Waals surface area contributed by atoms with Gasteiger partial charge >= 0.3 is 0 Å². The fraction of sp³-hybridized carbons (Fsp3) is 0.586. The third-order valence-corrected chi connectivity index (χ3v) is 6.27. The highest BCUT2D eigenvalue weighted by molar-refractivity contribution is 5.68. The molecule has 0 aliphatic carbocycles. The Kier molecular flexibility index (Phi) is 14.8. The van der Waals surface area contributed by atoms with E-state index in [1.807, 2.05) is 0 Å². The molecule has 2 aromatic carbocycles. The summed E-state index contributed by atoms with van der Waals surface area (Å²) in [5, 5.41) is 7.16. The average molecular weight is 453 g/mol. The van der Waals surface area contributed by atoms with Crippen LogP contribution in [0.1, 0.15) is 74.5 Å². The molecule has 0 unspecified atom stereocenters. The van der Waals surface area contributed by atoms with Crippen LogP contribution in [0.3, 0.4) is 0 Å². The third-order valence-electron chi connectivity index (χ3n) is 6.27. The van der Waals surface area contributed by atoms with E-state index in [9.17, 15) is 0 Å². The first kappa shape index (κ1) is 27.5. The predicted molar refractivity (Wildman–Crippen MR) is 145 cm³/mol. The molecule has 0 radical (unpaired) electrons. The number of rotatable bonds is 19. The molecule has 4 heteroatoms. The molecule has 0 heterocycles. The number of aryl methyl sites for hydroxylation is 2. The van der Waals surface area contributed by atoms with Gasteiger partial charge in [0.1, 0.15) is 0 Å². The first-order valence-corrected chi connectivity index (χ1v) is 13.2. The van der Waals surface area contributed by atoms with Crippen molar-refractivity contribution in [2.45, 2.75) is 77.7 Å². The second kappa shape index (κ2) is 17.7. The van der Waals surface area contributed by atoms with Crippen molar-refractivity contribution in [3.05, 3.63) is 59.2 Å². The maximum Gasteiger partial charge on any atom is 0.0205 e. The molecular weight excluding hydrogens is 404 g/mol. The molecule has 0 amide bonds. The van der Waals surface area contributed by atoms with Crippen molar-refractivity contribution >= 4 is 0 Å². The molecule has 0 aliphatic rings. The van der Waals surface area contributed by atoms with Crippen LogP contribution < -0.4 is 22.1 Å². The second-order valence-electron chi connectivity index (χ2n) is 9.29. The van der Waals surface area contributed by atoms with Crippen LogP contribution >= 0.6 is 0 Å². The molecule has 0 spiro atoms. The summed E-state index contributed by atoms with van der Waals surface area (Å²) in [7, 11) is 0. The molecule has 0 saturated heterocycles. The minimum absolute atomic E-state index is 0.774. The smallest absolute Gasteiger partial charge is 0.0205 e. The van der Waals surface area contributed by atoms with Crippen LogP contribution in [0, 0.1) is 6.92 Å². The highest BCUT2D eigenvalue weighted by Gasteiger charge is 2.06. The minimum atomic E-state index is 0.774. The molecule has 0 bridgehead atoms. The van der Waals surface area contributed by atoms with Crippen LogP contribution in [-0.2, 0) is 13.0 Å². The fourth-order valence-corrected chi connectivity index (χ4v) is 4.33.